The molecule has 24 heavy (non-hydrogen) atoms. The molecule has 2 rings (SSSR count). The van der Waals surface area contributed by atoms with Crippen LogP contribution in [-0.2, 0) is 6.54 Å². The lowest BCUT2D eigenvalue weighted by Crippen LogP contribution is -2.41. The van der Waals surface area contributed by atoms with Crippen molar-refractivity contribution in [1.29, 1.82) is 0 Å². The average molecular weight is 350 g/mol. The summed E-state index contributed by atoms with van der Waals surface area (Å²) in [6.07, 6.45) is 0.530. The van der Waals surface area contributed by atoms with Gasteiger partial charge in [-0.15, -0.1) is 11.3 Å². The molecule has 0 fully saturated rings. The molecule has 0 aliphatic heterocycles. The molecule has 0 saturated carbocycles. The molecule has 2 amide bonds. The van der Waals surface area contributed by atoms with E-state index in [1.807, 2.05) is 26.0 Å². The van der Waals surface area contributed by atoms with Gasteiger partial charge in [-0.3, -0.25) is 0 Å². The lowest BCUT2D eigenvalue weighted by molar-refractivity contribution is 0.184. The first-order valence-corrected chi connectivity index (χ1v) is 8.78. The molecule has 1 atom stereocenters. The quantitative estimate of drug-likeness (QED) is 0.797. The van der Waals surface area contributed by atoms with E-state index in [1.165, 1.54) is 17.0 Å². The van der Waals surface area contributed by atoms with Crippen LogP contribution in [0.3, 0.4) is 0 Å². The third kappa shape index (κ3) is 5.32. The van der Waals surface area contributed by atoms with Crippen molar-refractivity contribution < 1.29 is 14.3 Å². The molecule has 6 heteroatoms. The summed E-state index contributed by atoms with van der Waals surface area (Å²) in [5.74, 6) is -0.296. The molecular weight excluding hydrogens is 327 g/mol. The number of nitrogens with zero attached hydrogens (tertiary/aromatic N) is 1. The van der Waals surface area contributed by atoms with Crippen LogP contribution in [0, 0.1) is 12.7 Å². The minimum Gasteiger partial charge on any atom is -0.396 e. The number of urea groups is 1. The number of carbonyl (C=O) groups is 1. The molecule has 1 heterocycles. The standard InChI is InChI=1S/C18H23FN2O2S/c1-13-4-9-17(24-13)12-21(10-3-11-22)18(23)20-14(2)15-5-7-16(19)8-6-15/h4-9,14,22H,3,10-12H2,1-2H3,(H,20,23)/t14-/m1/s1. The highest BCUT2D eigenvalue weighted by Gasteiger charge is 2.17. The van der Waals surface area contributed by atoms with Crippen molar-refractivity contribution >= 4 is 17.4 Å². The van der Waals surface area contributed by atoms with Gasteiger partial charge in [0.25, 0.3) is 0 Å². The predicted octanol–water partition coefficient (Wildman–Crippen LogP) is 3.85. The Morgan fingerprint density at radius 2 is 2.00 bits per heavy atom. The summed E-state index contributed by atoms with van der Waals surface area (Å²) < 4.78 is 13.0. The third-order valence-corrected chi connectivity index (χ3v) is 4.71. The number of nitrogens with one attached hydrogen (secondary N) is 1. The number of aliphatic hydroxyl groups excluding tert-OH is 1. The monoisotopic (exact) mass is 350 g/mol. The SMILES string of the molecule is Cc1ccc(CN(CCCO)C(=O)N[C@H](C)c2ccc(F)cc2)s1. The fourth-order valence-corrected chi connectivity index (χ4v) is 3.29. The Bertz CT molecular complexity index is 657. The molecule has 0 unspecified atom stereocenters. The molecule has 1 aromatic heterocycles. The Morgan fingerprint density at radius 3 is 2.58 bits per heavy atom. The van der Waals surface area contributed by atoms with Crippen molar-refractivity contribution in [2.45, 2.75) is 32.9 Å². The predicted molar refractivity (Wildman–Crippen MR) is 94.5 cm³/mol. The van der Waals surface area contributed by atoms with E-state index in [0.29, 0.717) is 19.5 Å². The van der Waals surface area contributed by atoms with E-state index in [-0.39, 0.29) is 24.5 Å². The number of hydrogen-bond donors (Lipinski definition) is 2. The van der Waals surface area contributed by atoms with Gasteiger partial charge in [0.1, 0.15) is 5.82 Å². The fourth-order valence-electron chi connectivity index (χ4n) is 2.38. The zero-order chi connectivity index (χ0) is 17.5. The number of aryl methyl sites for hydroxylation is 1. The molecule has 4 nitrogen and oxygen atoms in total. The van der Waals surface area contributed by atoms with E-state index < -0.39 is 0 Å². The van der Waals surface area contributed by atoms with Gasteiger partial charge in [-0.1, -0.05) is 12.1 Å². The van der Waals surface area contributed by atoms with Gasteiger partial charge in [0, 0.05) is 22.9 Å². The highest BCUT2D eigenvalue weighted by Crippen LogP contribution is 2.18. The maximum atomic E-state index is 13.0. The second-order valence-electron chi connectivity index (χ2n) is 5.73. The number of thiophene rings is 1. The second-order valence-corrected chi connectivity index (χ2v) is 7.11. The minimum absolute atomic E-state index is 0.0424. The molecule has 2 N–H and O–H groups in total. The van der Waals surface area contributed by atoms with E-state index in [9.17, 15) is 9.18 Å². The van der Waals surface area contributed by atoms with Crippen molar-refractivity contribution in [2.24, 2.45) is 0 Å². The first kappa shape index (κ1) is 18.4. The Labute approximate surface area is 145 Å². The van der Waals surface area contributed by atoms with Gasteiger partial charge in [0.2, 0.25) is 0 Å². The van der Waals surface area contributed by atoms with Crippen molar-refractivity contribution in [3.63, 3.8) is 0 Å². The smallest absolute Gasteiger partial charge is 0.318 e. The van der Waals surface area contributed by atoms with Crippen LogP contribution >= 0.6 is 11.3 Å². The van der Waals surface area contributed by atoms with Crippen LogP contribution in [0.15, 0.2) is 36.4 Å². The number of aliphatic hydroxyl groups is 1. The molecule has 0 saturated heterocycles. The molecule has 0 aliphatic rings. The van der Waals surface area contributed by atoms with Crippen molar-refractivity contribution in [2.75, 3.05) is 13.2 Å². The highest BCUT2D eigenvalue weighted by molar-refractivity contribution is 7.11. The first-order valence-electron chi connectivity index (χ1n) is 7.96. The zero-order valence-electron chi connectivity index (χ0n) is 14.0. The Morgan fingerprint density at radius 1 is 1.29 bits per heavy atom. The van der Waals surface area contributed by atoms with Crippen LogP contribution < -0.4 is 5.32 Å². The van der Waals surface area contributed by atoms with Crippen molar-refractivity contribution in [3.05, 3.63) is 57.5 Å². The molecular formula is C18H23FN2O2S. The van der Waals surface area contributed by atoms with Gasteiger partial charge >= 0.3 is 6.03 Å². The maximum absolute atomic E-state index is 13.0. The molecule has 1 aromatic carbocycles. The largest absolute Gasteiger partial charge is 0.396 e. The number of benzene rings is 1. The van der Waals surface area contributed by atoms with Gasteiger partial charge in [0.15, 0.2) is 0 Å². The number of rotatable bonds is 7. The van der Waals surface area contributed by atoms with Gasteiger partial charge in [-0.25, -0.2) is 9.18 Å². The van der Waals surface area contributed by atoms with Crippen molar-refractivity contribution in [3.8, 4) is 0 Å². The summed E-state index contributed by atoms with van der Waals surface area (Å²) in [6, 6.07) is 9.74. The number of carbonyl (C=O) groups excluding carboxylic acids is 1. The normalized spacial score (nSPS) is 12.0. The van der Waals surface area contributed by atoms with E-state index in [0.717, 1.165) is 10.4 Å². The van der Waals surface area contributed by atoms with Crippen molar-refractivity contribution in [1.82, 2.24) is 10.2 Å². The number of amides is 2. The molecule has 0 bridgehead atoms. The topological polar surface area (TPSA) is 52.6 Å². The molecule has 130 valence electrons. The number of halogens is 1. The third-order valence-electron chi connectivity index (χ3n) is 3.73. The number of hydrogen-bond acceptors (Lipinski definition) is 3. The van der Waals surface area contributed by atoms with Gasteiger partial charge < -0.3 is 15.3 Å². The maximum Gasteiger partial charge on any atom is 0.318 e. The summed E-state index contributed by atoms with van der Waals surface area (Å²) in [6.45, 7) is 4.93. The Balaban J connectivity index is 2.01. The van der Waals surface area contributed by atoms with E-state index in [4.69, 9.17) is 5.11 Å². The zero-order valence-corrected chi connectivity index (χ0v) is 14.8. The minimum atomic E-state index is -0.296. The molecule has 2 aromatic rings. The summed E-state index contributed by atoms with van der Waals surface area (Å²) in [5, 5.41) is 12.0. The Kier molecular flexibility index (Phi) is 6.75. The summed E-state index contributed by atoms with van der Waals surface area (Å²) in [5.41, 5.74) is 0.846. The van der Waals surface area contributed by atoms with Crippen LogP contribution in [0.1, 0.15) is 34.7 Å². The molecule has 0 radical (unpaired) electrons. The average Bonchev–Trinajstić information content (AvgIpc) is 2.97. The van der Waals surface area contributed by atoms with Crippen LogP contribution in [-0.4, -0.2) is 29.2 Å². The fraction of sp³-hybridized carbons (Fsp3) is 0.389. The van der Waals surface area contributed by atoms with Crippen LogP contribution in [0.5, 0.6) is 0 Å². The summed E-state index contributed by atoms with van der Waals surface area (Å²) in [4.78, 5) is 16.6. The van der Waals surface area contributed by atoms with E-state index in [1.54, 1.807) is 28.4 Å². The van der Waals surface area contributed by atoms with Gasteiger partial charge in [-0.2, -0.15) is 0 Å². The van der Waals surface area contributed by atoms with E-state index >= 15 is 0 Å². The van der Waals surface area contributed by atoms with Gasteiger partial charge in [0.05, 0.1) is 12.6 Å². The summed E-state index contributed by atoms with van der Waals surface area (Å²) in [7, 11) is 0. The summed E-state index contributed by atoms with van der Waals surface area (Å²) >= 11 is 1.66. The molecule has 0 spiro atoms. The Hall–Kier alpha value is -1.92. The van der Waals surface area contributed by atoms with Crippen LogP contribution in [0.4, 0.5) is 9.18 Å². The molecule has 0 aliphatic carbocycles. The highest BCUT2D eigenvalue weighted by atomic mass is 32.1. The van der Waals surface area contributed by atoms with E-state index in [2.05, 4.69) is 5.32 Å². The van der Waals surface area contributed by atoms with Crippen LogP contribution in [0.25, 0.3) is 0 Å². The first-order chi connectivity index (χ1) is 11.5. The lowest BCUT2D eigenvalue weighted by atomic mass is 10.1. The second kappa shape index (κ2) is 8.80. The lowest BCUT2D eigenvalue weighted by Gasteiger charge is -2.25. The van der Waals surface area contributed by atoms with Gasteiger partial charge in [-0.05, 0) is 50.1 Å². The van der Waals surface area contributed by atoms with Crippen LogP contribution in [0.2, 0.25) is 0 Å².